The zero-order valence-corrected chi connectivity index (χ0v) is 11.5. The fourth-order valence-corrected chi connectivity index (χ4v) is 1.95. The van der Waals surface area contributed by atoms with E-state index in [-0.39, 0.29) is 12.3 Å². The van der Waals surface area contributed by atoms with Gasteiger partial charge in [0.2, 0.25) is 11.1 Å². The van der Waals surface area contributed by atoms with E-state index in [1.54, 1.807) is 19.1 Å². The number of aromatic nitrogens is 3. The second-order valence-electron chi connectivity index (χ2n) is 3.80. The van der Waals surface area contributed by atoms with E-state index < -0.39 is 11.9 Å². The predicted octanol–water partition coefficient (Wildman–Crippen LogP) is 0.824. The number of nitrogens with one attached hydrogen (secondary N) is 3. The molecule has 0 fully saturated rings. The minimum Gasteiger partial charge on any atom is -0.467 e. The molecule has 3 amide bonds. The summed E-state index contributed by atoms with van der Waals surface area (Å²) < 4.78 is 5.04. The molecule has 106 valence electrons. The number of carbonyl (C=O) groups is 2. The van der Waals surface area contributed by atoms with Gasteiger partial charge in [-0.3, -0.25) is 15.2 Å². The first kappa shape index (κ1) is 14.1. The third-order valence-corrected chi connectivity index (χ3v) is 3.01. The number of urea groups is 1. The van der Waals surface area contributed by atoms with E-state index in [0.717, 1.165) is 11.8 Å². The predicted molar refractivity (Wildman–Crippen MR) is 70.9 cm³/mol. The highest BCUT2D eigenvalue weighted by atomic mass is 32.2. The van der Waals surface area contributed by atoms with Crippen LogP contribution in [0.2, 0.25) is 0 Å². The molecule has 0 aromatic carbocycles. The van der Waals surface area contributed by atoms with Crippen molar-refractivity contribution in [3.05, 3.63) is 30.0 Å². The van der Waals surface area contributed by atoms with Crippen molar-refractivity contribution in [3.63, 3.8) is 0 Å². The van der Waals surface area contributed by atoms with Crippen LogP contribution in [0.1, 0.15) is 11.6 Å². The van der Waals surface area contributed by atoms with Gasteiger partial charge in [0, 0.05) is 0 Å². The highest BCUT2D eigenvalue weighted by Gasteiger charge is 2.10. The third kappa shape index (κ3) is 4.43. The van der Waals surface area contributed by atoms with Crippen molar-refractivity contribution in [1.29, 1.82) is 0 Å². The molecule has 0 unspecified atom stereocenters. The summed E-state index contributed by atoms with van der Waals surface area (Å²) >= 11 is 1.14. The van der Waals surface area contributed by atoms with Crippen LogP contribution >= 0.6 is 11.8 Å². The van der Waals surface area contributed by atoms with Crippen molar-refractivity contribution in [2.75, 3.05) is 5.75 Å². The van der Waals surface area contributed by atoms with Gasteiger partial charge >= 0.3 is 6.03 Å². The molecule has 2 aromatic rings. The summed E-state index contributed by atoms with van der Waals surface area (Å²) in [4.78, 5) is 27.0. The van der Waals surface area contributed by atoms with Crippen LogP contribution in [0.25, 0.3) is 0 Å². The van der Waals surface area contributed by atoms with Crippen LogP contribution in [0.3, 0.4) is 0 Å². The van der Waals surface area contributed by atoms with Crippen molar-refractivity contribution >= 4 is 23.7 Å². The molecule has 0 saturated carbocycles. The molecule has 0 aliphatic carbocycles. The maximum atomic E-state index is 11.5. The van der Waals surface area contributed by atoms with E-state index in [0.29, 0.717) is 16.7 Å². The molecular weight excluding hydrogens is 282 g/mol. The number of hydrogen-bond acceptors (Lipinski definition) is 6. The number of furan rings is 1. The normalized spacial score (nSPS) is 10.2. The Morgan fingerprint density at radius 3 is 3.00 bits per heavy atom. The Kier molecular flexibility index (Phi) is 4.77. The number of H-pyrrole nitrogens is 1. The van der Waals surface area contributed by atoms with Crippen molar-refractivity contribution in [3.8, 4) is 0 Å². The van der Waals surface area contributed by atoms with Gasteiger partial charge in [-0.1, -0.05) is 11.8 Å². The summed E-state index contributed by atoms with van der Waals surface area (Å²) in [5.41, 5.74) is 0. The minimum atomic E-state index is -0.571. The van der Waals surface area contributed by atoms with Crippen LogP contribution in [0, 0.1) is 6.92 Å². The highest BCUT2D eigenvalue weighted by Crippen LogP contribution is 2.10. The molecule has 2 heterocycles. The summed E-state index contributed by atoms with van der Waals surface area (Å²) in [6, 6.07) is 2.87. The van der Waals surface area contributed by atoms with Crippen LogP contribution in [0.4, 0.5) is 4.79 Å². The van der Waals surface area contributed by atoms with E-state index in [2.05, 4.69) is 25.8 Å². The molecule has 0 saturated heterocycles. The van der Waals surface area contributed by atoms with Gasteiger partial charge in [0.15, 0.2) is 0 Å². The molecule has 2 rings (SSSR count). The van der Waals surface area contributed by atoms with Gasteiger partial charge < -0.3 is 9.73 Å². The van der Waals surface area contributed by atoms with Crippen LogP contribution in [-0.4, -0.2) is 32.9 Å². The Hall–Kier alpha value is -2.29. The number of carbonyl (C=O) groups excluding carboxylic acids is 2. The smallest absolute Gasteiger partial charge is 0.321 e. The lowest BCUT2D eigenvalue weighted by Gasteiger charge is -2.04. The van der Waals surface area contributed by atoms with Gasteiger partial charge in [-0.15, -0.1) is 5.10 Å². The van der Waals surface area contributed by atoms with Gasteiger partial charge in [-0.2, -0.15) is 0 Å². The second kappa shape index (κ2) is 6.75. The van der Waals surface area contributed by atoms with Gasteiger partial charge in [0.25, 0.3) is 0 Å². The Bertz CT molecular complexity index is 581. The number of aromatic amines is 1. The molecule has 0 aliphatic heterocycles. The van der Waals surface area contributed by atoms with Crippen LogP contribution in [0.15, 0.2) is 28.0 Å². The number of hydrogen-bond donors (Lipinski definition) is 3. The fraction of sp³-hybridized carbons (Fsp3) is 0.273. The molecule has 3 N–H and O–H groups in total. The Labute approximate surface area is 118 Å². The van der Waals surface area contributed by atoms with Crippen LogP contribution in [0.5, 0.6) is 0 Å². The van der Waals surface area contributed by atoms with E-state index in [9.17, 15) is 9.59 Å². The first-order chi connectivity index (χ1) is 9.63. The van der Waals surface area contributed by atoms with Gasteiger partial charge in [0.05, 0.1) is 18.6 Å². The lowest BCUT2D eigenvalue weighted by Crippen LogP contribution is -2.39. The monoisotopic (exact) mass is 295 g/mol. The quantitative estimate of drug-likeness (QED) is 0.704. The lowest BCUT2D eigenvalue weighted by atomic mass is 10.4. The lowest BCUT2D eigenvalue weighted by molar-refractivity contribution is -0.117. The van der Waals surface area contributed by atoms with E-state index in [1.165, 1.54) is 6.26 Å². The molecule has 20 heavy (non-hydrogen) atoms. The SMILES string of the molecule is Cc1nc(SCC(=O)NC(=O)NCc2ccco2)n[nH]1. The molecule has 0 bridgehead atoms. The first-order valence-corrected chi connectivity index (χ1v) is 6.74. The standard InChI is InChI=1S/C11H13N5O3S/c1-7-13-11(16-15-7)20-6-9(17)14-10(18)12-5-8-3-2-4-19-8/h2-4H,5-6H2,1H3,(H,13,15,16)(H2,12,14,17,18). The number of rotatable bonds is 5. The Morgan fingerprint density at radius 2 is 2.35 bits per heavy atom. The van der Waals surface area contributed by atoms with Gasteiger partial charge in [-0.05, 0) is 19.1 Å². The number of imide groups is 1. The van der Waals surface area contributed by atoms with Crippen molar-refractivity contribution in [2.45, 2.75) is 18.6 Å². The summed E-state index contributed by atoms with van der Waals surface area (Å²) in [5.74, 6) is 0.919. The topological polar surface area (TPSA) is 113 Å². The van der Waals surface area contributed by atoms with Crippen LogP contribution in [-0.2, 0) is 11.3 Å². The molecule has 0 radical (unpaired) electrons. The average molecular weight is 295 g/mol. The highest BCUT2D eigenvalue weighted by molar-refractivity contribution is 7.99. The summed E-state index contributed by atoms with van der Waals surface area (Å²) in [6.07, 6.45) is 1.51. The molecule has 9 heteroatoms. The maximum Gasteiger partial charge on any atom is 0.321 e. The van der Waals surface area contributed by atoms with Gasteiger partial charge in [0.1, 0.15) is 11.6 Å². The molecule has 0 aliphatic rings. The maximum absolute atomic E-state index is 11.5. The summed E-state index contributed by atoms with van der Waals surface area (Å²) in [6.45, 7) is 1.98. The van der Waals surface area contributed by atoms with Crippen molar-refractivity contribution in [1.82, 2.24) is 25.8 Å². The molecule has 2 aromatic heterocycles. The number of nitrogens with zero attached hydrogens (tertiary/aromatic N) is 2. The Balaban J connectivity index is 1.67. The van der Waals surface area contributed by atoms with Crippen molar-refractivity contribution < 1.29 is 14.0 Å². The summed E-state index contributed by atoms with van der Waals surface area (Å²) in [5, 5.41) is 11.7. The van der Waals surface area contributed by atoms with E-state index in [1.807, 2.05) is 0 Å². The number of thioether (sulfide) groups is 1. The number of aryl methyl sites for hydroxylation is 1. The summed E-state index contributed by atoms with van der Waals surface area (Å²) in [7, 11) is 0. The largest absolute Gasteiger partial charge is 0.467 e. The van der Waals surface area contributed by atoms with Crippen LogP contribution < -0.4 is 10.6 Å². The van der Waals surface area contributed by atoms with E-state index >= 15 is 0 Å². The molecule has 8 nitrogen and oxygen atoms in total. The second-order valence-corrected chi connectivity index (χ2v) is 4.74. The average Bonchev–Trinajstić information content (AvgIpc) is 3.05. The van der Waals surface area contributed by atoms with Crippen molar-refractivity contribution in [2.24, 2.45) is 0 Å². The minimum absolute atomic E-state index is 0.0610. The zero-order valence-electron chi connectivity index (χ0n) is 10.7. The number of amides is 3. The zero-order chi connectivity index (χ0) is 14.4. The molecule has 0 spiro atoms. The molecule has 0 atom stereocenters. The first-order valence-electron chi connectivity index (χ1n) is 5.75. The fourth-order valence-electron chi connectivity index (χ4n) is 1.30. The Morgan fingerprint density at radius 1 is 1.50 bits per heavy atom. The molecular formula is C11H13N5O3S. The van der Waals surface area contributed by atoms with Gasteiger partial charge in [-0.25, -0.2) is 9.78 Å². The third-order valence-electron chi connectivity index (χ3n) is 2.17. The van der Waals surface area contributed by atoms with E-state index in [4.69, 9.17) is 4.42 Å².